The van der Waals surface area contributed by atoms with Crippen molar-refractivity contribution in [2.45, 2.75) is 19.8 Å². The third kappa shape index (κ3) is 6.52. The molecule has 214 valence electrons. The highest BCUT2D eigenvalue weighted by molar-refractivity contribution is 14.1. The molecule has 0 spiro atoms. The van der Waals surface area contributed by atoms with Gasteiger partial charge >= 0.3 is 0 Å². The van der Waals surface area contributed by atoms with E-state index in [9.17, 15) is 9.90 Å². The molecule has 6 aromatic rings. The number of benzene rings is 5. The van der Waals surface area contributed by atoms with Crippen LogP contribution in [0.1, 0.15) is 16.7 Å². The third-order valence-electron chi connectivity index (χ3n) is 6.84. The van der Waals surface area contributed by atoms with E-state index in [-0.39, 0.29) is 34.8 Å². The lowest BCUT2D eigenvalue weighted by molar-refractivity contribution is 0.295. The summed E-state index contributed by atoms with van der Waals surface area (Å²) in [5, 5.41) is 11.0. The van der Waals surface area contributed by atoms with Gasteiger partial charge < -0.3 is 23.7 Å². The quantitative estimate of drug-likeness (QED) is 0.146. The number of halogens is 1. The summed E-state index contributed by atoms with van der Waals surface area (Å²) in [5.74, 6) is 1.10. The smallest absolute Gasteiger partial charge is 0.239 e. The maximum absolute atomic E-state index is 13.9. The average Bonchev–Trinajstić information content (AvgIpc) is 3.05. The van der Waals surface area contributed by atoms with Crippen LogP contribution in [0.4, 0.5) is 0 Å². The minimum Gasteiger partial charge on any atom is -0.507 e. The van der Waals surface area contributed by atoms with Crippen LogP contribution >= 0.6 is 22.6 Å². The van der Waals surface area contributed by atoms with E-state index in [0.717, 1.165) is 16.7 Å². The lowest BCUT2D eigenvalue weighted by Crippen LogP contribution is -2.11. The highest BCUT2D eigenvalue weighted by atomic mass is 127. The number of hydrogen-bond acceptors (Lipinski definition) is 6. The molecule has 0 aliphatic carbocycles. The summed E-state index contributed by atoms with van der Waals surface area (Å²) in [6.07, 6.45) is 0. The molecule has 0 aliphatic rings. The Bertz CT molecular complexity index is 1890. The molecule has 0 bridgehead atoms. The molecule has 7 heteroatoms. The Balaban J connectivity index is 1.38. The monoisotopic (exact) mass is 682 g/mol. The van der Waals surface area contributed by atoms with E-state index in [1.165, 1.54) is 6.07 Å². The summed E-state index contributed by atoms with van der Waals surface area (Å²) in [4.78, 5) is 13.9. The number of rotatable bonds is 10. The van der Waals surface area contributed by atoms with Crippen LogP contribution in [0.2, 0.25) is 0 Å². The van der Waals surface area contributed by atoms with Crippen molar-refractivity contribution >= 4 is 33.6 Å². The molecule has 1 N–H and O–H groups in total. The lowest BCUT2D eigenvalue weighted by atomic mass is 10.1. The molecule has 43 heavy (non-hydrogen) atoms. The fourth-order valence-corrected chi connectivity index (χ4v) is 5.30. The molecule has 0 amide bonds. The van der Waals surface area contributed by atoms with Gasteiger partial charge in [-0.25, -0.2) is 0 Å². The van der Waals surface area contributed by atoms with Gasteiger partial charge in [-0.3, -0.25) is 4.79 Å². The summed E-state index contributed by atoms with van der Waals surface area (Å²) in [7, 11) is 0. The predicted octanol–water partition coefficient (Wildman–Crippen LogP) is 8.51. The van der Waals surface area contributed by atoms with Gasteiger partial charge in [-0.2, -0.15) is 0 Å². The number of ether oxygens (including phenoxy) is 3. The molecule has 1 heterocycles. The van der Waals surface area contributed by atoms with Crippen LogP contribution < -0.4 is 19.6 Å². The van der Waals surface area contributed by atoms with E-state index in [1.54, 1.807) is 0 Å². The zero-order valence-electron chi connectivity index (χ0n) is 23.0. The molecule has 5 aromatic carbocycles. The van der Waals surface area contributed by atoms with E-state index in [2.05, 4.69) is 22.6 Å². The first-order valence-electron chi connectivity index (χ1n) is 13.7. The van der Waals surface area contributed by atoms with Gasteiger partial charge in [-0.1, -0.05) is 91.0 Å². The molecule has 0 saturated carbocycles. The second kappa shape index (κ2) is 13.0. The summed E-state index contributed by atoms with van der Waals surface area (Å²) < 4.78 is 25.1. The zero-order valence-corrected chi connectivity index (χ0v) is 25.2. The Morgan fingerprint density at radius 3 is 1.72 bits per heavy atom. The zero-order chi connectivity index (χ0) is 29.6. The van der Waals surface area contributed by atoms with Crippen LogP contribution in [0.15, 0.2) is 131 Å². The lowest BCUT2D eigenvalue weighted by Gasteiger charge is -2.15. The van der Waals surface area contributed by atoms with Crippen molar-refractivity contribution < 1.29 is 23.7 Å². The van der Waals surface area contributed by atoms with E-state index >= 15 is 0 Å². The van der Waals surface area contributed by atoms with Crippen molar-refractivity contribution in [2.75, 3.05) is 0 Å². The van der Waals surface area contributed by atoms with Crippen LogP contribution in [0.5, 0.6) is 23.0 Å². The Morgan fingerprint density at radius 1 is 0.651 bits per heavy atom. The normalized spacial score (nSPS) is 10.9. The summed E-state index contributed by atoms with van der Waals surface area (Å²) in [6.45, 7) is 0.875. The standard InChI is InChI=1S/C36H27IO6/c37-32-30(41-22-25-12-6-2-7-13-25)20-29(38)31-33(39)36(42-23-26-14-8-3-9-15-26)34(43-35(31)32)27-16-18-28(19-17-27)40-21-24-10-4-1-5-11-24/h1-20,38H,21-23H2. The number of hydrogen-bond donors (Lipinski definition) is 1. The second-order valence-corrected chi connectivity index (χ2v) is 10.9. The number of phenols is 1. The van der Waals surface area contributed by atoms with Crippen molar-refractivity contribution in [1.29, 1.82) is 0 Å². The molecule has 1 aromatic heterocycles. The maximum Gasteiger partial charge on any atom is 0.239 e. The van der Waals surface area contributed by atoms with E-state index in [4.69, 9.17) is 18.6 Å². The first kappa shape index (κ1) is 28.4. The SMILES string of the molecule is O=c1c(OCc2ccccc2)c(-c2ccc(OCc3ccccc3)cc2)oc2c(I)c(OCc3ccccc3)cc(O)c12. The van der Waals surface area contributed by atoms with Gasteiger partial charge in [-0.15, -0.1) is 0 Å². The maximum atomic E-state index is 13.9. The van der Waals surface area contributed by atoms with Gasteiger partial charge in [0.25, 0.3) is 0 Å². The molecule has 0 unspecified atom stereocenters. The van der Waals surface area contributed by atoms with E-state index in [0.29, 0.717) is 33.8 Å². The van der Waals surface area contributed by atoms with Gasteiger partial charge in [0.1, 0.15) is 42.5 Å². The van der Waals surface area contributed by atoms with Crippen LogP contribution in [0, 0.1) is 3.57 Å². The van der Waals surface area contributed by atoms with E-state index < -0.39 is 5.43 Å². The molecular formula is C36H27IO6. The van der Waals surface area contributed by atoms with Gasteiger partial charge in [0, 0.05) is 11.6 Å². The molecule has 0 radical (unpaired) electrons. The average molecular weight is 683 g/mol. The van der Waals surface area contributed by atoms with Crippen molar-refractivity contribution in [1.82, 2.24) is 0 Å². The Morgan fingerprint density at radius 2 is 1.16 bits per heavy atom. The Kier molecular flexibility index (Phi) is 8.60. The fraction of sp³-hybridized carbons (Fsp3) is 0.0833. The largest absolute Gasteiger partial charge is 0.507 e. The number of aromatic hydroxyl groups is 1. The fourth-order valence-electron chi connectivity index (χ4n) is 4.61. The highest BCUT2D eigenvalue weighted by Gasteiger charge is 2.24. The Labute approximate surface area is 262 Å². The van der Waals surface area contributed by atoms with Crippen molar-refractivity contribution in [3.8, 4) is 34.3 Å². The van der Waals surface area contributed by atoms with Crippen LogP contribution in [0.25, 0.3) is 22.3 Å². The molecule has 0 atom stereocenters. The van der Waals surface area contributed by atoms with Crippen LogP contribution in [0.3, 0.4) is 0 Å². The minimum atomic E-state index is -0.471. The molecule has 0 fully saturated rings. The molecule has 6 rings (SSSR count). The van der Waals surface area contributed by atoms with Crippen molar-refractivity contribution in [2.24, 2.45) is 0 Å². The molecule has 6 nitrogen and oxygen atoms in total. The number of phenolic OH excluding ortho intramolecular Hbond substituents is 1. The second-order valence-electron chi connectivity index (χ2n) is 9.85. The van der Waals surface area contributed by atoms with Gasteiger partial charge in [0.15, 0.2) is 11.3 Å². The van der Waals surface area contributed by atoms with Gasteiger partial charge in [0.05, 0.1) is 3.57 Å². The third-order valence-corrected chi connectivity index (χ3v) is 7.86. The summed E-state index contributed by atoms with van der Waals surface area (Å²) in [6, 6.07) is 37.9. The molecule has 0 saturated heterocycles. The minimum absolute atomic E-state index is 0.0124. The van der Waals surface area contributed by atoms with Gasteiger partial charge in [-0.05, 0) is 63.5 Å². The predicted molar refractivity (Wildman–Crippen MR) is 175 cm³/mol. The topological polar surface area (TPSA) is 78.1 Å². The van der Waals surface area contributed by atoms with Crippen LogP contribution in [-0.4, -0.2) is 5.11 Å². The van der Waals surface area contributed by atoms with Crippen molar-refractivity contribution in [3.63, 3.8) is 0 Å². The number of fused-ring (bicyclic) bond motifs is 1. The van der Waals surface area contributed by atoms with E-state index in [1.807, 2.05) is 115 Å². The van der Waals surface area contributed by atoms with Gasteiger partial charge in [0.2, 0.25) is 11.2 Å². The first-order valence-corrected chi connectivity index (χ1v) is 14.8. The molecule has 0 aliphatic heterocycles. The first-order chi connectivity index (χ1) is 21.1. The van der Waals surface area contributed by atoms with Crippen molar-refractivity contribution in [3.05, 3.63) is 152 Å². The molecular weight excluding hydrogens is 655 g/mol. The highest BCUT2D eigenvalue weighted by Crippen LogP contribution is 2.40. The summed E-state index contributed by atoms with van der Waals surface area (Å²) >= 11 is 2.09. The Hall–Kier alpha value is -4.76. The van der Waals surface area contributed by atoms with Crippen LogP contribution in [-0.2, 0) is 19.8 Å². The summed E-state index contributed by atoms with van der Waals surface area (Å²) in [5.41, 5.74) is 3.30.